The summed E-state index contributed by atoms with van der Waals surface area (Å²) in [7, 11) is 0. The number of aromatic nitrogens is 3. The Morgan fingerprint density at radius 3 is 1.16 bits per heavy atom. The number of nitrogens with zero attached hydrogens (tertiary/aromatic N) is 3. The summed E-state index contributed by atoms with van der Waals surface area (Å²) in [5, 5.41) is 2.06. The molecule has 4 heteroatoms. The summed E-state index contributed by atoms with van der Waals surface area (Å²) < 4.78 is 6.39. The van der Waals surface area contributed by atoms with E-state index in [1.165, 1.54) is 5.56 Å². The molecule has 0 amide bonds. The Bertz CT molecular complexity index is 4350. The smallest absolute Gasteiger partial charge is 0.139 e. The Labute approximate surface area is 459 Å². The van der Waals surface area contributed by atoms with Crippen molar-refractivity contribution in [1.82, 2.24) is 15.0 Å². The Hall–Kier alpha value is -10.6. The molecule has 0 unspecified atom stereocenters. The van der Waals surface area contributed by atoms with Crippen LogP contribution >= 0.6 is 0 Å². The summed E-state index contributed by atoms with van der Waals surface area (Å²) in [6, 6.07) is 99.8. The third kappa shape index (κ3) is 9.07. The van der Waals surface area contributed by atoms with E-state index in [1.54, 1.807) is 0 Å². The van der Waals surface area contributed by atoms with Gasteiger partial charge in [-0.05, 0) is 150 Å². The number of hydrogen-bond donors (Lipinski definition) is 0. The highest BCUT2D eigenvalue weighted by Crippen LogP contribution is 2.46. The van der Waals surface area contributed by atoms with Gasteiger partial charge in [-0.25, -0.2) is 0 Å². The first-order valence-corrected chi connectivity index (χ1v) is 26.7. The van der Waals surface area contributed by atoms with Crippen LogP contribution in [-0.2, 0) is 0 Å². The average molecular weight is 1010 g/mol. The molecule has 10 aromatic carbocycles. The van der Waals surface area contributed by atoms with Crippen molar-refractivity contribution in [2.45, 2.75) is 0 Å². The summed E-state index contributed by atoms with van der Waals surface area (Å²) in [5.41, 5.74) is 25.7. The lowest BCUT2D eigenvalue weighted by molar-refractivity contribution is 0.668. The molecular weight excluding hydrogens is 959 g/mol. The van der Waals surface area contributed by atoms with Crippen LogP contribution in [0.1, 0.15) is 0 Å². The third-order valence-corrected chi connectivity index (χ3v) is 15.1. The van der Waals surface area contributed by atoms with Gasteiger partial charge < -0.3 is 4.42 Å². The molecule has 14 aromatic rings. The van der Waals surface area contributed by atoms with Gasteiger partial charge >= 0.3 is 0 Å². The molecule has 79 heavy (non-hydrogen) atoms. The quantitative estimate of drug-likeness (QED) is 0.130. The second-order valence-electron chi connectivity index (χ2n) is 19.9. The number of para-hydroxylation sites is 1. The SMILES string of the molecule is c1ccc(-c2ccc(-c3cc(-c4nccc5oc6ccccc6c45)ccc3-c3ccccc3-c3cc(-c4ccccc4-c4ccc(-c5ccccn5)cc4)cc(-c4ccccc4-c4ccc(-c5ccccn5)cc4)c3)cc2)cc1. The van der Waals surface area contributed by atoms with Crippen molar-refractivity contribution in [1.29, 1.82) is 0 Å². The molecule has 0 aliphatic carbocycles. The van der Waals surface area contributed by atoms with Crippen LogP contribution in [0.2, 0.25) is 0 Å². The van der Waals surface area contributed by atoms with E-state index >= 15 is 0 Å². The van der Waals surface area contributed by atoms with E-state index in [0.29, 0.717) is 0 Å². The van der Waals surface area contributed by atoms with Gasteiger partial charge in [0.1, 0.15) is 11.2 Å². The summed E-state index contributed by atoms with van der Waals surface area (Å²) >= 11 is 0. The van der Waals surface area contributed by atoms with E-state index in [0.717, 1.165) is 139 Å². The number of fused-ring (bicyclic) bond motifs is 3. The summed E-state index contributed by atoms with van der Waals surface area (Å²) in [6.07, 6.45) is 5.54. The maximum Gasteiger partial charge on any atom is 0.139 e. The van der Waals surface area contributed by atoms with Gasteiger partial charge in [0.05, 0.1) is 22.5 Å². The first-order valence-electron chi connectivity index (χ1n) is 26.7. The molecule has 4 aromatic heterocycles. The second kappa shape index (κ2) is 20.5. The van der Waals surface area contributed by atoms with E-state index in [1.807, 2.05) is 61.1 Å². The van der Waals surface area contributed by atoms with Gasteiger partial charge in [-0.1, -0.05) is 218 Å². The molecule has 0 atom stereocenters. The number of benzene rings is 10. The summed E-state index contributed by atoms with van der Waals surface area (Å²) in [6.45, 7) is 0. The van der Waals surface area contributed by atoms with Gasteiger partial charge in [-0.2, -0.15) is 0 Å². The van der Waals surface area contributed by atoms with Crippen LogP contribution in [0.3, 0.4) is 0 Å². The van der Waals surface area contributed by atoms with E-state index in [4.69, 9.17) is 9.40 Å². The molecule has 0 aliphatic rings. The van der Waals surface area contributed by atoms with Crippen LogP contribution in [-0.4, -0.2) is 15.0 Å². The molecule has 0 radical (unpaired) electrons. The molecule has 0 aliphatic heterocycles. The fraction of sp³-hybridized carbons (Fsp3) is 0. The highest BCUT2D eigenvalue weighted by molar-refractivity contribution is 6.12. The van der Waals surface area contributed by atoms with Gasteiger partial charge in [0.2, 0.25) is 0 Å². The van der Waals surface area contributed by atoms with E-state index < -0.39 is 0 Å². The Kier molecular flexibility index (Phi) is 12.2. The molecule has 0 saturated carbocycles. The van der Waals surface area contributed by atoms with Gasteiger partial charge in [-0.15, -0.1) is 0 Å². The minimum atomic E-state index is 0.816. The predicted molar refractivity (Wildman–Crippen MR) is 327 cm³/mol. The van der Waals surface area contributed by atoms with Gasteiger partial charge in [0.15, 0.2) is 0 Å². The lowest BCUT2D eigenvalue weighted by atomic mass is 9.84. The zero-order valence-corrected chi connectivity index (χ0v) is 43.0. The number of pyridine rings is 3. The maximum atomic E-state index is 6.39. The topological polar surface area (TPSA) is 51.8 Å². The Morgan fingerprint density at radius 2 is 0.620 bits per heavy atom. The normalized spacial score (nSPS) is 11.3. The predicted octanol–water partition coefficient (Wildman–Crippen LogP) is 20.1. The van der Waals surface area contributed by atoms with Crippen molar-refractivity contribution in [3.05, 3.63) is 298 Å². The Balaban J connectivity index is 0.956. The fourth-order valence-corrected chi connectivity index (χ4v) is 11.3. The van der Waals surface area contributed by atoms with E-state index in [-0.39, 0.29) is 0 Å². The highest BCUT2D eigenvalue weighted by atomic mass is 16.3. The molecule has 0 N–H and O–H groups in total. The van der Waals surface area contributed by atoms with Gasteiger partial charge in [0, 0.05) is 40.7 Å². The van der Waals surface area contributed by atoms with Crippen molar-refractivity contribution < 1.29 is 4.42 Å². The molecule has 0 bridgehead atoms. The van der Waals surface area contributed by atoms with Crippen molar-refractivity contribution in [2.24, 2.45) is 0 Å². The van der Waals surface area contributed by atoms with Crippen LogP contribution in [0.5, 0.6) is 0 Å². The lowest BCUT2D eigenvalue weighted by Gasteiger charge is -2.19. The molecule has 0 spiro atoms. The molecule has 370 valence electrons. The van der Waals surface area contributed by atoms with Crippen LogP contribution in [0.15, 0.2) is 302 Å². The molecule has 0 saturated heterocycles. The number of furan rings is 1. The molecule has 4 nitrogen and oxygen atoms in total. The molecule has 4 heterocycles. The molecular formula is C75H49N3O. The third-order valence-electron chi connectivity index (χ3n) is 15.1. The number of hydrogen-bond acceptors (Lipinski definition) is 4. The monoisotopic (exact) mass is 1010 g/mol. The van der Waals surface area contributed by atoms with Crippen molar-refractivity contribution in [3.63, 3.8) is 0 Å². The van der Waals surface area contributed by atoms with E-state index in [9.17, 15) is 0 Å². The fourth-order valence-electron chi connectivity index (χ4n) is 11.3. The van der Waals surface area contributed by atoms with Gasteiger partial charge in [-0.3, -0.25) is 15.0 Å². The zero-order chi connectivity index (χ0) is 52.5. The van der Waals surface area contributed by atoms with Crippen molar-refractivity contribution in [2.75, 3.05) is 0 Å². The largest absolute Gasteiger partial charge is 0.456 e. The maximum absolute atomic E-state index is 6.39. The first kappa shape index (κ1) is 46.9. The summed E-state index contributed by atoms with van der Waals surface area (Å²) in [5.74, 6) is 0. The van der Waals surface area contributed by atoms with Crippen LogP contribution in [0, 0.1) is 0 Å². The van der Waals surface area contributed by atoms with Crippen LogP contribution < -0.4 is 0 Å². The second-order valence-corrected chi connectivity index (χ2v) is 19.9. The minimum absolute atomic E-state index is 0.816. The van der Waals surface area contributed by atoms with Crippen LogP contribution in [0.4, 0.5) is 0 Å². The Morgan fingerprint density at radius 1 is 0.215 bits per heavy atom. The zero-order valence-electron chi connectivity index (χ0n) is 43.0. The van der Waals surface area contributed by atoms with Crippen molar-refractivity contribution in [3.8, 4) is 123 Å². The summed E-state index contributed by atoms with van der Waals surface area (Å²) in [4.78, 5) is 14.3. The van der Waals surface area contributed by atoms with E-state index in [2.05, 4.69) is 247 Å². The highest BCUT2D eigenvalue weighted by Gasteiger charge is 2.21. The van der Waals surface area contributed by atoms with Crippen LogP contribution in [0.25, 0.3) is 145 Å². The first-order chi connectivity index (χ1) is 39.2. The molecule has 0 fully saturated rings. The molecule has 14 rings (SSSR count). The van der Waals surface area contributed by atoms with Crippen molar-refractivity contribution >= 4 is 21.9 Å². The number of rotatable bonds is 11. The van der Waals surface area contributed by atoms with Gasteiger partial charge in [0.25, 0.3) is 0 Å². The lowest BCUT2D eigenvalue weighted by Crippen LogP contribution is -1.94. The standard InChI is InChI=1S/C75H49N3O/c1-2-16-50(17-3-1)51-28-30-54(31-29-51)69-49-57(75-74-68-24-10-11-27-72(68)79-73(74)42-45-78-75)40-41-67(69)66-23-9-8-22-65(66)60-47-58(63-20-6-4-18-61(63)52-32-36-55(37-33-52)70-25-12-14-43-76-70)46-59(48-60)64-21-7-5-19-62(64)53-34-38-56(39-35-53)71-26-13-15-44-77-71/h1-49H. The minimum Gasteiger partial charge on any atom is -0.456 e. The average Bonchev–Trinajstić information content (AvgIpc) is 4.04.